The van der Waals surface area contributed by atoms with Crippen LogP contribution in [0.5, 0.6) is 5.75 Å². The van der Waals surface area contributed by atoms with Gasteiger partial charge in [-0.2, -0.15) is 4.31 Å². The van der Waals surface area contributed by atoms with Crippen molar-refractivity contribution in [1.29, 1.82) is 0 Å². The molecule has 144 valence electrons. The summed E-state index contributed by atoms with van der Waals surface area (Å²) in [6, 6.07) is 6.44. The number of ether oxygens (including phenoxy) is 2. The van der Waals surface area contributed by atoms with E-state index in [1.165, 1.54) is 0 Å². The molecule has 8 heteroatoms. The van der Waals surface area contributed by atoms with Gasteiger partial charge in [-0.3, -0.25) is 4.79 Å². The minimum Gasteiger partial charge on any atom is -0.497 e. The molecule has 2 saturated heterocycles. The first kappa shape index (κ1) is 19.1. The summed E-state index contributed by atoms with van der Waals surface area (Å²) in [5, 5.41) is 0. The molecule has 0 N–H and O–H groups in total. The first-order chi connectivity index (χ1) is 12.3. The predicted octanol–water partition coefficient (Wildman–Crippen LogP) is 1.20. The third-order valence-corrected chi connectivity index (χ3v) is 7.43. The lowest BCUT2D eigenvalue weighted by molar-refractivity contribution is -0.134. The maximum Gasteiger partial charge on any atom is 0.243 e. The van der Waals surface area contributed by atoms with Crippen LogP contribution in [-0.2, 0) is 19.6 Å². The molecular formula is C18H26N2O5S. The number of nitrogens with zero attached hydrogens (tertiary/aromatic N) is 2. The maximum atomic E-state index is 13.1. The van der Waals surface area contributed by atoms with Crippen LogP contribution in [0, 0.1) is 11.3 Å². The second-order valence-corrected chi connectivity index (χ2v) is 9.13. The van der Waals surface area contributed by atoms with E-state index in [0.717, 1.165) is 6.42 Å². The highest BCUT2D eigenvalue weighted by atomic mass is 32.2. The Kier molecular flexibility index (Phi) is 5.28. The van der Waals surface area contributed by atoms with E-state index in [4.69, 9.17) is 9.47 Å². The summed E-state index contributed by atoms with van der Waals surface area (Å²) < 4.78 is 38.3. The average Bonchev–Trinajstić information content (AvgIpc) is 3.01. The van der Waals surface area contributed by atoms with E-state index in [1.54, 1.807) is 54.6 Å². The van der Waals surface area contributed by atoms with Gasteiger partial charge in [0.05, 0.1) is 18.6 Å². The molecular weight excluding hydrogens is 356 g/mol. The minimum absolute atomic E-state index is 0.0235. The van der Waals surface area contributed by atoms with E-state index >= 15 is 0 Å². The molecule has 0 aromatic heterocycles. The van der Waals surface area contributed by atoms with Gasteiger partial charge in [-0.25, -0.2) is 8.42 Å². The molecule has 1 amide bonds. The number of carbonyl (C=O) groups excluding carboxylic acids is 1. The third-order valence-electron chi connectivity index (χ3n) is 5.61. The summed E-state index contributed by atoms with van der Waals surface area (Å²) in [5.74, 6) is 0.827. The topological polar surface area (TPSA) is 76.2 Å². The van der Waals surface area contributed by atoms with E-state index in [2.05, 4.69) is 0 Å². The summed E-state index contributed by atoms with van der Waals surface area (Å²) in [7, 11) is -0.428. The fourth-order valence-electron chi connectivity index (χ4n) is 4.18. The van der Waals surface area contributed by atoms with Gasteiger partial charge in [-0.15, -0.1) is 0 Å². The number of carbonyl (C=O) groups is 1. The Morgan fingerprint density at radius 1 is 1.23 bits per heavy atom. The third kappa shape index (κ3) is 3.33. The highest BCUT2D eigenvalue weighted by molar-refractivity contribution is 7.89. The normalized spacial score (nSPS) is 26.6. The van der Waals surface area contributed by atoms with Gasteiger partial charge in [0.25, 0.3) is 0 Å². The van der Waals surface area contributed by atoms with Crippen molar-refractivity contribution in [3.05, 3.63) is 24.3 Å². The molecule has 2 heterocycles. The molecule has 3 rings (SSSR count). The van der Waals surface area contributed by atoms with Crippen LogP contribution in [0.1, 0.15) is 13.3 Å². The summed E-state index contributed by atoms with van der Waals surface area (Å²) in [6.45, 7) is 4.03. The Morgan fingerprint density at radius 2 is 1.92 bits per heavy atom. The molecule has 1 aromatic carbocycles. The molecule has 0 saturated carbocycles. The Bertz CT molecular complexity index is 764. The van der Waals surface area contributed by atoms with Crippen LogP contribution in [0.25, 0.3) is 0 Å². The van der Waals surface area contributed by atoms with E-state index in [-0.39, 0.29) is 22.1 Å². The maximum absolute atomic E-state index is 13.1. The van der Waals surface area contributed by atoms with E-state index in [1.807, 2.05) is 0 Å². The molecule has 1 aromatic rings. The van der Waals surface area contributed by atoms with Crippen molar-refractivity contribution in [2.24, 2.45) is 11.3 Å². The number of piperidine rings is 1. The summed E-state index contributed by atoms with van der Waals surface area (Å²) in [4.78, 5) is 13.9. The van der Waals surface area contributed by atoms with Crippen molar-refractivity contribution in [3.8, 4) is 5.75 Å². The standard InChI is InChI=1S/C18H26N2O5S/c1-14(21)19-9-8-15-10-20(12-18(15,11-19)13-24-2)26(22,23)17-6-4-16(25-3)5-7-17/h4-7,15H,8-13H2,1-3H3/t15-,18+/m1/s1. The van der Waals surface area contributed by atoms with Crippen molar-refractivity contribution in [2.45, 2.75) is 18.2 Å². The number of likely N-dealkylation sites (tertiary alicyclic amines) is 1. The van der Waals surface area contributed by atoms with Crippen LogP contribution in [0.2, 0.25) is 0 Å². The first-order valence-electron chi connectivity index (χ1n) is 8.71. The van der Waals surface area contributed by atoms with Crippen LogP contribution in [-0.4, -0.2) is 70.5 Å². The van der Waals surface area contributed by atoms with Gasteiger partial charge < -0.3 is 14.4 Å². The van der Waals surface area contributed by atoms with E-state index < -0.39 is 10.0 Å². The summed E-state index contributed by atoms with van der Waals surface area (Å²) in [6.07, 6.45) is 0.789. The van der Waals surface area contributed by atoms with Crippen LogP contribution in [0.3, 0.4) is 0 Å². The van der Waals surface area contributed by atoms with E-state index in [9.17, 15) is 13.2 Å². The minimum atomic E-state index is -3.60. The molecule has 0 aliphatic carbocycles. The van der Waals surface area contributed by atoms with Crippen LogP contribution in [0.4, 0.5) is 0 Å². The molecule has 2 aliphatic rings. The van der Waals surface area contributed by atoms with Crippen LogP contribution < -0.4 is 4.74 Å². The van der Waals surface area contributed by atoms with Crippen molar-refractivity contribution in [3.63, 3.8) is 0 Å². The first-order valence-corrected chi connectivity index (χ1v) is 10.1. The van der Waals surface area contributed by atoms with Crippen LogP contribution in [0.15, 0.2) is 29.2 Å². The lowest BCUT2D eigenvalue weighted by Crippen LogP contribution is -2.52. The van der Waals surface area contributed by atoms with E-state index in [0.29, 0.717) is 38.5 Å². The monoisotopic (exact) mass is 382 g/mol. The molecule has 0 bridgehead atoms. The highest BCUT2D eigenvalue weighted by Gasteiger charge is 2.53. The van der Waals surface area contributed by atoms with Crippen molar-refractivity contribution in [2.75, 3.05) is 47.0 Å². The highest BCUT2D eigenvalue weighted by Crippen LogP contribution is 2.44. The van der Waals surface area contributed by atoms with Gasteiger partial charge in [0, 0.05) is 45.6 Å². The van der Waals surface area contributed by atoms with Crippen molar-refractivity contribution in [1.82, 2.24) is 9.21 Å². The molecule has 2 atom stereocenters. The fourth-order valence-corrected chi connectivity index (χ4v) is 5.76. The fraction of sp³-hybridized carbons (Fsp3) is 0.611. The van der Waals surface area contributed by atoms with Gasteiger partial charge in [0.2, 0.25) is 15.9 Å². The predicted molar refractivity (Wildman–Crippen MR) is 96.4 cm³/mol. The zero-order valence-electron chi connectivity index (χ0n) is 15.5. The number of fused-ring (bicyclic) bond motifs is 1. The largest absolute Gasteiger partial charge is 0.497 e. The Hall–Kier alpha value is -1.64. The second-order valence-electron chi connectivity index (χ2n) is 7.19. The molecule has 2 fully saturated rings. The molecule has 26 heavy (non-hydrogen) atoms. The number of hydrogen-bond acceptors (Lipinski definition) is 5. The number of sulfonamides is 1. The van der Waals surface area contributed by atoms with Gasteiger partial charge >= 0.3 is 0 Å². The number of benzene rings is 1. The summed E-state index contributed by atoms with van der Waals surface area (Å²) in [5.41, 5.74) is -0.349. The lowest BCUT2D eigenvalue weighted by atomic mass is 9.74. The lowest BCUT2D eigenvalue weighted by Gasteiger charge is -2.43. The van der Waals surface area contributed by atoms with Gasteiger partial charge in [0.1, 0.15) is 5.75 Å². The zero-order valence-corrected chi connectivity index (χ0v) is 16.3. The molecule has 7 nitrogen and oxygen atoms in total. The van der Waals surface area contributed by atoms with Crippen molar-refractivity contribution < 1.29 is 22.7 Å². The zero-order chi connectivity index (χ0) is 18.9. The second kappa shape index (κ2) is 7.17. The van der Waals surface area contributed by atoms with Gasteiger partial charge in [-0.05, 0) is 36.6 Å². The molecule has 0 unspecified atom stereocenters. The Morgan fingerprint density at radius 3 is 2.50 bits per heavy atom. The number of amides is 1. The number of methoxy groups -OCH3 is 2. The smallest absolute Gasteiger partial charge is 0.243 e. The quantitative estimate of drug-likeness (QED) is 0.765. The molecule has 2 aliphatic heterocycles. The average molecular weight is 382 g/mol. The SMILES string of the molecule is COC[C@@]12CN(C(C)=O)CC[C@@H]1CN(S(=O)(=O)c1ccc(OC)cc1)C2. The Labute approximate surface area is 154 Å². The van der Waals surface area contributed by atoms with Crippen molar-refractivity contribution >= 4 is 15.9 Å². The van der Waals surface area contributed by atoms with Crippen LogP contribution >= 0.6 is 0 Å². The molecule has 0 radical (unpaired) electrons. The molecule has 0 spiro atoms. The number of hydrogen-bond donors (Lipinski definition) is 0. The summed E-state index contributed by atoms with van der Waals surface area (Å²) >= 11 is 0. The van der Waals surface area contributed by atoms with Gasteiger partial charge in [0.15, 0.2) is 0 Å². The van der Waals surface area contributed by atoms with Gasteiger partial charge in [-0.1, -0.05) is 0 Å². The Balaban J connectivity index is 1.87. The number of rotatable bonds is 5.